The Bertz CT molecular complexity index is 396. The average Bonchev–Trinajstić information content (AvgIpc) is 2.71. The van der Waals surface area contributed by atoms with Crippen LogP contribution < -0.4 is 11.1 Å². The highest BCUT2D eigenvalue weighted by molar-refractivity contribution is 8.00. The van der Waals surface area contributed by atoms with Gasteiger partial charge in [0.05, 0.1) is 0 Å². The van der Waals surface area contributed by atoms with E-state index >= 15 is 0 Å². The number of nitrogens with two attached hydrogens (primary N) is 1. The van der Waals surface area contributed by atoms with Crippen molar-refractivity contribution in [2.75, 3.05) is 5.75 Å². The summed E-state index contributed by atoms with van der Waals surface area (Å²) in [5.74, 6) is 0.761. The molecule has 1 aromatic rings. The second kappa shape index (κ2) is 5.10. The first-order valence-corrected chi connectivity index (χ1v) is 6.90. The average molecular weight is 250 g/mol. The van der Waals surface area contributed by atoms with Gasteiger partial charge >= 0.3 is 0 Å². The molecule has 92 valence electrons. The van der Waals surface area contributed by atoms with Gasteiger partial charge in [0.25, 0.3) is 0 Å². The Kier molecular flexibility index (Phi) is 3.74. The minimum atomic E-state index is -0.541. The monoisotopic (exact) mass is 250 g/mol. The SMILES string of the molecule is CC1SCCC1(NCc1ccccc1)C(N)=O. The lowest BCUT2D eigenvalue weighted by molar-refractivity contribution is -0.124. The Balaban J connectivity index is 2.07. The van der Waals surface area contributed by atoms with Gasteiger partial charge in [-0.15, -0.1) is 0 Å². The number of rotatable bonds is 4. The molecule has 0 spiro atoms. The molecule has 2 atom stereocenters. The van der Waals surface area contributed by atoms with Crippen LogP contribution in [0.3, 0.4) is 0 Å². The minimum absolute atomic E-state index is 0.231. The Hall–Kier alpha value is -1.00. The molecule has 1 saturated heterocycles. The maximum absolute atomic E-state index is 11.7. The van der Waals surface area contributed by atoms with Gasteiger partial charge < -0.3 is 5.73 Å². The molecular weight excluding hydrogens is 232 g/mol. The molecule has 0 saturated carbocycles. The van der Waals surface area contributed by atoms with E-state index in [1.54, 1.807) is 11.8 Å². The second-order valence-corrected chi connectivity index (χ2v) is 5.89. The second-order valence-electron chi connectivity index (χ2n) is 4.44. The number of benzene rings is 1. The molecule has 0 aromatic heterocycles. The van der Waals surface area contributed by atoms with Crippen LogP contribution in [0.1, 0.15) is 18.9 Å². The third-order valence-corrected chi connectivity index (χ3v) is 4.79. The first kappa shape index (κ1) is 12.5. The van der Waals surface area contributed by atoms with E-state index in [-0.39, 0.29) is 11.2 Å². The molecule has 1 aromatic carbocycles. The third-order valence-electron chi connectivity index (χ3n) is 3.45. The van der Waals surface area contributed by atoms with E-state index in [2.05, 4.69) is 24.4 Å². The Morgan fingerprint density at radius 3 is 2.76 bits per heavy atom. The molecule has 2 rings (SSSR count). The molecule has 1 heterocycles. The largest absolute Gasteiger partial charge is 0.368 e. The highest BCUT2D eigenvalue weighted by atomic mass is 32.2. The van der Waals surface area contributed by atoms with Crippen LogP contribution in [0.5, 0.6) is 0 Å². The Labute approximate surface area is 106 Å². The fourth-order valence-corrected chi connectivity index (χ4v) is 3.64. The summed E-state index contributed by atoms with van der Waals surface area (Å²) in [6.07, 6.45) is 0.820. The van der Waals surface area contributed by atoms with Gasteiger partial charge in [0, 0.05) is 11.8 Å². The van der Waals surface area contributed by atoms with E-state index in [0.29, 0.717) is 6.54 Å². The maximum Gasteiger partial charge on any atom is 0.238 e. The lowest BCUT2D eigenvalue weighted by Crippen LogP contribution is -2.58. The number of nitrogens with one attached hydrogen (secondary N) is 1. The van der Waals surface area contributed by atoms with Crippen LogP contribution in [0.2, 0.25) is 0 Å². The molecule has 1 aliphatic rings. The summed E-state index contributed by atoms with van der Waals surface area (Å²) in [6.45, 7) is 2.76. The number of carbonyl (C=O) groups excluding carboxylic acids is 1. The van der Waals surface area contributed by atoms with E-state index in [1.165, 1.54) is 5.56 Å². The number of hydrogen-bond donors (Lipinski definition) is 2. The normalized spacial score (nSPS) is 28.2. The van der Waals surface area contributed by atoms with Crippen molar-refractivity contribution in [2.45, 2.75) is 30.7 Å². The van der Waals surface area contributed by atoms with E-state index < -0.39 is 5.54 Å². The Morgan fingerprint density at radius 2 is 2.24 bits per heavy atom. The van der Waals surface area contributed by atoms with Gasteiger partial charge in [0.15, 0.2) is 0 Å². The molecule has 2 unspecified atom stereocenters. The van der Waals surface area contributed by atoms with Crippen LogP contribution >= 0.6 is 11.8 Å². The van der Waals surface area contributed by atoms with Crippen molar-refractivity contribution in [1.82, 2.24) is 5.32 Å². The van der Waals surface area contributed by atoms with E-state index in [9.17, 15) is 4.79 Å². The van der Waals surface area contributed by atoms with Gasteiger partial charge in [0.1, 0.15) is 5.54 Å². The molecule has 0 bridgehead atoms. The van der Waals surface area contributed by atoms with Crippen molar-refractivity contribution in [1.29, 1.82) is 0 Å². The maximum atomic E-state index is 11.7. The number of thioether (sulfide) groups is 1. The van der Waals surface area contributed by atoms with Gasteiger partial charge in [-0.1, -0.05) is 37.3 Å². The summed E-state index contributed by atoms with van der Waals surface area (Å²) in [5.41, 5.74) is 6.21. The van der Waals surface area contributed by atoms with Crippen molar-refractivity contribution in [2.24, 2.45) is 5.73 Å². The van der Waals surface area contributed by atoms with Crippen molar-refractivity contribution in [3.8, 4) is 0 Å². The summed E-state index contributed by atoms with van der Waals surface area (Å²) in [4.78, 5) is 11.7. The lowest BCUT2D eigenvalue weighted by Gasteiger charge is -2.30. The van der Waals surface area contributed by atoms with Gasteiger partial charge in [-0.3, -0.25) is 10.1 Å². The predicted octanol–water partition coefficient (Wildman–Crippen LogP) is 1.53. The predicted molar refractivity (Wildman–Crippen MR) is 71.7 cm³/mol. The highest BCUT2D eigenvalue weighted by Crippen LogP contribution is 2.35. The molecule has 0 aliphatic carbocycles. The quantitative estimate of drug-likeness (QED) is 0.852. The molecule has 0 radical (unpaired) electrons. The first-order valence-electron chi connectivity index (χ1n) is 5.85. The highest BCUT2D eigenvalue weighted by Gasteiger charge is 2.45. The summed E-state index contributed by atoms with van der Waals surface area (Å²) < 4.78 is 0. The summed E-state index contributed by atoms with van der Waals surface area (Å²) in [5, 5.41) is 3.60. The van der Waals surface area contributed by atoms with Gasteiger partial charge in [-0.05, 0) is 17.7 Å². The zero-order valence-corrected chi connectivity index (χ0v) is 10.8. The molecule has 3 nitrogen and oxygen atoms in total. The van der Waals surface area contributed by atoms with Gasteiger partial charge in [-0.2, -0.15) is 11.8 Å². The van der Waals surface area contributed by atoms with E-state index in [0.717, 1.165) is 12.2 Å². The number of primary amides is 1. The zero-order chi connectivity index (χ0) is 12.3. The third kappa shape index (κ3) is 2.48. The molecule has 1 amide bonds. The molecular formula is C13H18N2OS. The van der Waals surface area contributed by atoms with Crippen molar-refractivity contribution >= 4 is 17.7 Å². The fourth-order valence-electron chi connectivity index (χ4n) is 2.24. The summed E-state index contributed by atoms with van der Waals surface area (Å²) in [6, 6.07) is 10.1. The van der Waals surface area contributed by atoms with Crippen LogP contribution in [0.15, 0.2) is 30.3 Å². The molecule has 17 heavy (non-hydrogen) atoms. The van der Waals surface area contributed by atoms with Gasteiger partial charge in [0.2, 0.25) is 5.91 Å². The van der Waals surface area contributed by atoms with E-state index in [1.807, 2.05) is 18.2 Å². The van der Waals surface area contributed by atoms with Crippen molar-refractivity contribution in [3.05, 3.63) is 35.9 Å². The minimum Gasteiger partial charge on any atom is -0.368 e. The number of hydrogen-bond acceptors (Lipinski definition) is 3. The molecule has 1 fully saturated rings. The molecule has 1 aliphatic heterocycles. The fraction of sp³-hybridized carbons (Fsp3) is 0.462. The van der Waals surface area contributed by atoms with Crippen LogP contribution in [0.4, 0.5) is 0 Å². The van der Waals surface area contributed by atoms with E-state index in [4.69, 9.17) is 5.73 Å². The first-order chi connectivity index (χ1) is 8.15. The summed E-state index contributed by atoms with van der Waals surface area (Å²) in [7, 11) is 0. The molecule has 3 N–H and O–H groups in total. The topological polar surface area (TPSA) is 55.1 Å². The zero-order valence-electron chi connectivity index (χ0n) is 9.98. The molecule has 4 heteroatoms. The smallest absolute Gasteiger partial charge is 0.238 e. The lowest BCUT2D eigenvalue weighted by atomic mass is 9.91. The van der Waals surface area contributed by atoms with Crippen LogP contribution in [0, 0.1) is 0 Å². The van der Waals surface area contributed by atoms with Crippen molar-refractivity contribution in [3.63, 3.8) is 0 Å². The number of amides is 1. The van der Waals surface area contributed by atoms with Crippen molar-refractivity contribution < 1.29 is 4.79 Å². The van der Waals surface area contributed by atoms with Crippen LogP contribution in [0.25, 0.3) is 0 Å². The number of carbonyl (C=O) groups is 1. The Morgan fingerprint density at radius 1 is 1.53 bits per heavy atom. The van der Waals surface area contributed by atoms with Crippen LogP contribution in [-0.4, -0.2) is 22.4 Å². The standard InChI is InChI=1S/C13H18N2OS/c1-10-13(12(14)16,7-8-17-10)15-9-11-5-3-2-4-6-11/h2-6,10,15H,7-9H2,1H3,(H2,14,16). The summed E-state index contributed by atoms with van der Waals surface area (Å²) >= 11 is 1.80. The van der Waals surface area contributed by atoms with Gasteiger partial charge in [-0.25, -0.2) is 0 Å². The van der Waals surface area contributed by atoms with Crippen LogP contribution in [-0.2, 0) is 11.3 Å².